The fraction of sp³-hybridized carbons (Fsp3) is 0.857. The van der Waals surface area contributed by atoms with Crippen LogP contribution >= 0.6 is 0 Å². The van der Waals surface area contributed by atoms with Gasteiger partial charge in [0.25, 0.3) is 0 Å². The molecule has 0 rings (SSSR count). The van der Waals surface area contributed by atoms with Gasteiger partial charge in [0.1, 0.15) is 6.04 Å². The standard InChI is InChI=1S/C14H28N2O3/c1-9(2)7-12(14(18)19-10(3)4)16-13(17)11(5)8-15-6/h9-12,15H,7-8H2,1-6H3,(H,16,17)/t11?,12-/m0/s1. The van der Waals surface area contributed by atoms with Gasteiger partial charge < -0.3 is 15.4 Å². The van der Waals surface area contributed by atoms with Crippen LogP contribution in [0.5, 0.6) is 0 Å². The van der Waals surface area contributed by atoms with E-state index in [0.717, 1.165) is 0 Å². The molecule has 0 saturated carbocycles. The molecule has 5 nitrogen and oxygen atoms in total. The average Bonchev–Trinajstić information content (AvgIpc) is 2.26. The number of hydrogen-bond donors (Lipinski definition) is 2. The van der Waals surface area contributed by atoms with Gasteiger partial charge in [-0.3, -0.25) is 4.79 Å². The number of hydrogen-bond acceptors (Lipinski definition) is 4. The molecule has 0 saturated heterocycles. The number of nitrogens with one attached hydrogen (secondary N) is 2. The Balaban J connectivity index is 4.58. The highest BCUT2D eigenvalue weighted by Gasteiger charge is 2.25. The highest BCUT2D eigenvalue weighted by Crippen LogP contribution is 2.09. The molecule has 2 atom stereocenters. The molecule has 0 radical (unpaired) electrons. The second kappa shape index (κ2) is 8.91. The van der Waals surface area contributed by atoms with Crippen molar-refractivity contribution in [1.29, 1.82) is 0 Å². The monoisotopic (exact) mass is 272 g/mol. The molecule has 5 heteroatoms. The Morgan fingerprint density at radius 3 is 2.11 bits per heavy atom. The molecule has 1 amide bonds. The maximum Gasteiger partial charge on any atom is 0.328 e. The number of esters is 1. The molecule has 0 aromatic rings. The third-order valence-corrected chi connectivity index (χ3v) is 2.62. The van der Waals surface area contributed by atoms with Crippen molar-refractivity contribution in [2.45, 2.75) is 53.2 Å². The van der Waals surface area contributed by atoms with Gasteiger partial charge in [-0.1, -0.05) is 20.8 Å². The molecule has 0 bridgehead atoms. The third-order valence-electron chi connectivity index (χ3n) is 2.62. The van der Waals surface area contributed by atoms with E-state index in [1.165, 1.54) is 0 Å². The lowest BCUT2D eigenvalue weighted by atomic mass is 10.0. The Morgan fingerprint density at radius 1 is 1.11 bits per heavy atom. The lowest BCUT2D eigenvalue weighted by Crippen LogP contribution is -2.46. The average molecular weight is 272 g/mol. The lowest BCUT2D eigenvalue weighted by Gasteiger charge is -2.22. The van der Waals surface area contributed by atoms with Crippen molar-refractivity contribution in [3.8, 4) is 0 Å². The van der Waals surface area contributed by atoms with Crippen LogP contribution in [0.15, 0.2) is 0 Å². The molecular formula is C14H28N2O3. The highest BCUT2D eigenvalue weighted by atomic mass is 16.5. The topological polar surface area (TPSA) is 67.4 Å². The van der Waals surface area contributed by atoms with Gasteiger partial charge >= 0.3 is 5.97 Å². The molecule has 0 spiro atoms. The molecule has 1 unspecified atom stereocenters. The molecule has 0 fully saturated rings. The zero-order chi connectivity index (χ0) is 15.0. The van der Waals surface area contributed by atoms with Crippen LogP contribution < -0.4 is 10.6 Å². The molecule has 2 N–H and O–H groups in total. The van der Waals surface area contributed by atoms with Gasteiger partial charge in [0, 0.05) is 12.5 Å². The molecule has 0 heterocycles. The van der Waals surface area contributed by atoms with E-state index in [1.54, 1.807) is 20.9 Å². The molecule has 19 heavy (non-hydrogen) atoms. The van der Waals surface area contributed by atoms with Crippen LogP contribution in [0.3, 0.4) is 0 Å². The predicted molar refractivity (Wildman–Crippen MR) is 75.7 cm³/mol. The maximum atomic E-state index is 12.0. The van der Waals surface area contributed by atoms with Crippen LogP contribution in [0.25, 0.3) is 0 Å². The Labute approximate surface area is 116 Å². The lowest BCUT2D eigenvalue weighted by molar-refractivity contribution is -0.152. The van der Waals surface area contributed by atoms with Crippen molar-refractivity contribution in [2.75, 3.05) is 13.6 Å². The Hall–Kier alpha value is -1.10. The second-order valence-corrected chi connectivity index (χ2v) is 5.64. The van der Waals surface area contributed by atoms with Gasteiger partial charge in [-0.2, -0.15) is 0 Å². The number of ether oxygens (including phenoxy) is 1. The van der Waals surface area contributed by atoms with Crippen LogP contribution in [0.1, 0.15) is 41.0 Å². The molecule has 0 aliphatic rings. The summed E-state index contributed by atoms with van der Waals surface area (Å²) in [5.74, 6) is -0.342. The van der Waals surface area contributed by atoms with E-state index >= 15 is 0 Å². The molecule has 0 aromatic heterocycles. The zero-order valence-electron chi connectivity index (χ0n) is 12.9. The minimum absolute atomic E-state index is 0.124. The van der Waals surface area contributed by atoms with E-state index < -0.39 is 6.04 Å². The summed E-state index contributed by atoms with van der Waals surface area (Å²) in [6.45, 7) is 10.0. The summed E-state index contributed by atoms with van der Waals surface area (Å²) in [5, 5.41) is 5.73. The zero-order valence-corrected chi connectivity index (χ0v) is 12.9. The van der Waals surface area contributed by atoms with Crippen LogP contribution in [0.2, 0.25) is 0 Å². The Kier molecular flexibility index (Phi) is 8.39. The number of rotatable bonds is 8. The Morgan fingerprint density at radius 2 is 1.68 bits per heavy atom. The molecule has 0 aromatic carbocycles. The summed E-state index contributed by atoms with van der Waals surface area (Å²) in [6, 6.07) is -0.561. The fourth-order valence-electron chi connectivity index (χ4n) is 1.71. The molecule has 112 valence electrons. The van der Waals surface area contributed by atoms with Crippen molar-refractivity contribution >= 4 is 11.9 Å². The predicted octanol–water partition coefficient (Wildman–Crippen LogP) is 1.32. The fourth-order valence-corrected chi connectivity index (χ4v) is 1.71. The third kappa shape index (κ3) is 7.82. The van der Waals surface area contributed by atoms with E-state index in [4.69, 9.17) is 4.74 Å². The second-order valence-electron chi connectivity index (χ2n) is 5.64. The first-order chi connectivity index (χ1) is 8.77. The maximum absolute atomic E-state index is 12.0. The van der Waals surface area contributed by atoms with Crippen molar-refractivity contribution in [1.82, 2.24) is 10.6 Å². The summed E-state index contributed by atoms with van der Waals surface area (Å²) >= 11 is 0. The van der Waals surface area contributed by atoms with E-state index in [0.29, 0.717) is 18.9 Å². The van der Waals surface area contributed by atoms with Gasteiger partial charge in [0.05, 0.1) is 6.10 Å². The first-order valence-electron chi connectivity index (χ1n) is 6.93. The normalized spacial score (nSPS) is 14.3. The number of carbonyl (C=O) groups excluding carboxylic acids is 2. The van der Waals surface area contributed by atoms with Crippen molar-refractivity contribution in [2.24, 2.45) is 11.8 Å². The smallest absolute Gasteiger partial charge is 0.328 e. The summed E-state index contributed by atoms with van der Waals surface area (Å²) in [7, 11) is 1.79. The molecule has 0 aliphatic carbocycles. The van der Waals surface area contributed by atoms with E-state index in [1.807, 2.05) is 20.8 Å². The first kappa shape index (κ1) is 17.9. The van der Waals surface area contributed by atoms with Crippen molar-refractivity contribution in [3.63, 3.8) is 0 Å². The van der Waals surface area contributed by atoms with Crippen LogP contribution in [-0.2, 0) is 14.3 Å². The highest BCUT2D eigenvalue weighted by molar-refractivity contribution is 5.85. The summed E-state index contributed by atoms with van der Waals surface area (Å²) in [5.41, 5.74) is 0. The Bertz CT molecular complexity index is 290. The van der Waals surface area contributed by atoms with E-state index in [9.17, 15) is 9.59 Å². The summed E-state index contributed by atoms with van der Waals surface area (Å²) < 4.78 is 5.18. The van der Waals surface area contributed by atoms with E-state index in [2.05, 4.69) is 10.6 Å². The molecular weight excluding hydrogens is 244 g/mol. The van der Waals surface area contributed by atoms with Gasteiger partial charge in [0.2, 0.25) is 5.91 Å². The van der Waals surface area contributed by atoms with Crippen LogP contribution in [0, 0.1) is 11.8 Å². The van der Waals surface area contributed by atoms with Crippen molar-refractivity contribution in [3.05, 3.63) is 0 Å². The quantitative estimate of drug-likeness (QED) is 0.654. The SMILES string of the molecule is CNCC(C)C(=O)N[C@@H](CC(C)C)C(=O)OC(C)C. The van der Waals surface area contributed by atoms with E-state index in [-0.39, 0.29) is 23.9 Å². The minimum Gasteiger partial charge on any atom is -0.461 e. The van der Waals surface area contributed by atoms with Gasteiger partial charge in [-0.15, -0.1) is 0 Å². The van der Waals surface area contributed by atoms with Crippen LogP contribution in [0.4, 0.5) is 0 Å². The number of carbonyl (C=O) groups is 2. The minimum atomic E-state index is -0.561. The molecule has 0 aliphatic heterocycles. The summed E-state index contributed by atoms with van der Waals surface area (Å²) in [4.78, 5) is 23.9. The summed E-state index contributed by atoms with van der Waals surface area (Å²) in [6.07, 6.45) is 0.414. The first-order valence-corrected chi connectivity index (χ1v) is 6.93. The van der Waals surface area contributed by atoms with Gasteiger partial charge in [-0.05, 0) is 33.2 Å². The van der Waals surface area contributed by atoms with Gasteiger partial charge in [-0.25, -0.2) is 4.79 Å². The largest absolute Gasteiger partial charge is 0.461 e. The van der Waals surface area contributed by atoms with Crippen LogP contribution in [-0.4, -0.2) is 37.6 Å². The van der Waals surface area contributed by atoms with Crippen molar-refractivity contribution < 1.29 is 14.3 Å². The number of amides is 1. The van der Waals surface area contributed by atoms with Gasteiger partial charge in [0.15, 0.2) is 0 Å².